The van der Waals surface area contributed by atoms with Crippen molar-refractivity contribution in [3.05, 3.63) is 5.82 Å². The minimum atomic E-state index is 0.153. The van der Waals surface area contributed by atoms with Crippen molar-refractivity contribution in [2.24, 2.45) is 12.8 Å². The van der Waals surface area contributed by atoms with E-state index in [1.165, 1.54) is 11.8 Å². The van der Waals surface area contributed by atoms with Crippen LogP contribution in [0.3, 0.4) is 0 Å². The Kier molecular flexibility index (Phi) is 2.69. The van der Waals surface area contributed by atoms with Gasteiger partial charge < -0.3 is 10.3 Å². The van der Waals surface area contributed by atoms with Crippen LogP contribution < -0.4 is 5.73 Å². The second kappa shape index (κ2) is 3.57. The molecular weight excluding hydrogens is 174 g/mol. The van der Waals surface area contributed by atoms with E-state index in [1.54, 1.807) is 0 Å². The number of hydrogen-bond donors (Lipinski definition) is 2. The predicted molar refractivity (Wildman–Crippen MR) is 48.4 cm³/mol. The van der Waals surface area contributed by atoms with Gasteiger partial charge in [0.15, 0.2) is 5.16 Å². The van der Waals surface area contributed by atoms with Crippen LogP contribution in [0.25, 0.3) is 0 Å². The predicted octanol–water partition coefficient (Wildman–Crippen LogP) is 0.152. The van der Waals surface area contributed by atoms with Crippen LogP contribution in [0.2, 0.25) is 0 Å². The number of thioether (sulfide) groups is 1. The number of aryl methyl sites for hydroxylation is 1. The first kappa shape index (κ1) is 9.05. The normalized spacial score (nSPS) is 10.2. The minimum Gasteiger partial charge on any atom is -0.387 e. The van der Waals surface area contributed by atoms with Gasteiger partial charge in [0.05, 0.1) is 5.75 Å². The van der Waals surface area contributed by atoms with Gasteiger partial charge in [-0.3, -0.25) is 5.41 Å². The Morgan fingerprint density at radius 3 is 2.75 bits per heavy atom. The summed E-state index contributed by atoms with van der Waals surface area (Å²) in [6.45, 7) is 1.88. The van der Waals surface area contributed by atoms with Crippen LogP contribution >= 0.6 is 11.8 Å². The monoisotopic (exact) mass is 185 g/mol. The molecule has 0 radical (unpaired) electrons. The van der Waals surface area contributed by atoms with Crippen molar-refractivity contribution < 1.29 is 0 Å². The highest BCUT2D eigenvalue weighted by atomic mass is 32.2. The molecule has 0 bridgehead atoms. The molecule has 5 nitrogen and oxygen atoms in total. The zero-order chi connectivity index (χ0) is 9.14. The van der Waals surface area contributed by atoms with Gasteiger partial charge >= 0.3 is 0 Å². The fourth-order valence-corrected chi connectivity index (χ4v) is 1.36. The van der Waals surface area contributed by atoms with Crippen molar-refractivity contribution in [2.75, 3.05) is 5.75 Å². The molecule has 0 aliphatic heterocycles. The number of rotatable bonds is 3. The topological polar surface area (TPSA) is 80.6 Å². The molecule has 0 aliphatic rings. The average Bonchev–Trinajstić information content (AvgIpc) is 2.30. The molecule has 0 amide bonds. The van der Waals surface area contributed by atoms with Gasteiger partial charge in [-0.05, 0) is 6.92 Å². The van der Waals surface area contributed by atoms with Crippen molar-refractivity contribution in [3.8, 4) is 0 Å². The lowest BCUT2D eigenvalue weighted by Crippen LogP contribution is -2.12. The number of nitrogens with zero attached hydrogens (tertiary/aromatic N) is 3. The van der Waals surface area contributed by atoms with Gasteiger partial charge in [0, 0.05) is 7.05 Å². The molecule has 0 spiro atoms. The molecule has 0 aromatic carbocycles. The molecular formula is C6H11N5S. The highest BCUT2D eigenvalue weighted by Crippen LogP contribution is 2.13. The molecule has 6 heteroatoms. The van der Waals surface area contributed by atoms with Crippen LogP contribution in [-0.4, -0.2) is 26.4 Å². The lowest BCUT2D eigenvalue weighted by molar-refractivity contribution is 0.766. The summed E-state index contributed by atoms with van der Waals surface area (Å²) in [6.07, 6.45) is 0. The van der Waals surface area contributed by atoms with Crippen molar-refractivity contribution in [3.63, 3.8) is 0 Å². The summed E-state index contributed by atoms with van der Waals surface area (Å²) in [7, 11) is 1.89. The standard InChI is InChI=1S/C6H11N5S/c1-4-9-10-6(11(4)2)12-3-5(7)8/h3H2,1-2H3,(H3,7,8). The smallest absolute Gasteiger partial charge is 0.191 e. The van der Waals surface area contributed by atoms with E-state index in [-0.39, 0.29) is 5.84 Å². The van der Waals surface area contributed by atoms with Crippen LogP contribution in [0.4, 0.5) is 0 Å². The van der Waals surface area contributed by atoms with Crippen LogP contribution in [0.1, 0.15) is 5.82 Å². The van der Waals surface area contributed by atoms with Gasteiger partial charge in [-0.25, -0.2) is 0 Å². The summed E-state index contributed by atoms with van der Waals surface area (Å²) >= 11 is 1.42. The Bertz CT molecular complexity index is 292. The number of aromatic nitrogens is 3. The molecule has 0 unspecified atom stereocenters. The first-order valence-electron chi connectivity index (χ1n) is 3.43. The first-order valence-corrected chi connectivity index (χ1v) is 4.41. The molecule has 0 saturated heterocycles. The third-order valence-corrected chi connectivity index (χ3v) is 2.48. The van der Waals surface area contributed by atoms with Gasteiger partial charge in [-0.1, -0.05) is 11.8 Å². The van der Waals surface area contributed by atoms with Gasteiger partial charge in [-0.15, -0.1) is 10.2 Å². The second-order valence-electron chi connectivity index (χ2n) is 2.40. The number of nitrogens with two attached hydrogens (primary N) is 1. The van der Waals surface area contributed by atoms with Gasteiger partial charge in [0.2, 0.25) is 0 Å². The lowest BCUT2D eigenvalue weighted by atomic mass is 10.7. The van der Waals surface area contributed by atoms with Gasteiger partial charge in [0.25, 0.3) is 0 Å². The van der Waals surface area contributed by atoms with Crippen molar-refractivity contribution in [1.29, 1.82) is 5.41 Å². The largest absolute Gasteiger partial charge is 0.387 e. The Morgan fingerprint density at radius 1 is 1.67 bits per heavy atom. The third kappa shape index (κ3) is 1.97. The molecule has 1 heterocycles. The van der Waals surface area contributed by atoms with E-state index in [9.17, 15) is 0 Å². The van der Waals surface area contributed by atoms with Crippen molar-refractivity contribution in [2.45, 2.75) is 12.1 Å². The highest BCUT2D eigenvalue weighted by molar-refractivity contribution is 7.99. The molecule has 0 aliphatic carbocycles. The molecule has 12 heavy (non-hydrogen) atoms. The van der Waals surface area contributed by atoms with E-state index in [2.05, 4.69) is 10.2 Å². The van der Waals surface area contributed by atoms with E-state index < -0.39 is 0 Å². The zero-order valence-corrected chi connectivity index (χ0v) is 7.85. The Labute approximate surface area is 74.9 Å². The molecule has 1 aromatic heterocycles. The quantitative estimate of drug-likeness (QED) is 0.399. The van der Waals surface area contributed by atoms with Gasteiger partial charge in [0.1, 0.15) is 11.7 Å². The van der Waals surface area contributed by atoms with E-state index in [0.717, 1.165) is 11.0 Å². The van der Waals surface area contributed by atoms with Crippen molar-refractivity contribution in [1.82, 2.24) is 14.8 Å². The lowest BCUT2D eigenvalue weighted by Gasteiger charge is -1.99. The molecule has 1 rings (SSSR count). The summed E-state index contributed by atoms with van der Waals surface area (Å²) < 4.78 is 1.87. The highest BCUT2D eigenvalue weighted by Gasteiger charge is 2.04. The SMILES string of the molecule is Cc1nnc(SCC(=N)N)n1C. The van der Waals surface area contributed by atoms with Gasteiger partial charge in [-0.2, -0.15) is 0 Å². The summed E-state index contributed by atoms with van der Waals surface area (Å²) in [4.78, 5) is 0. The maximum Gasteiger partial charge on any atom is 0.191 e. The Balaban J connectivity index is 2.63. The summed E-state index contributed by atoms with van der Waals surface area (Å²) in [5.74, 6) is 1.48. The maximum atomic E-state index is 7.02. The molecule has 0 fully saturated rings. The first-order chi connectivity index (χ1) is 5.61. The Hall–Kier alpha value is -1.04. The van der Waals surface area contributed by atoms with Crippen LogP contribution in [0.15, 0.2) is 5.16 Å². The average molecular weight is 185 g/mol. The van der Waals surface area contributed by atoms with E-state index >= 15 is 0 Å². The minimum absolute atomic E-state index is 0.153. The van der Waals surface area contributed by atoms with Crippen LogP contribution in [-0.2, 0) is 7.05 Å². The van der Waals surface area contributed by atoms with Crippen LogP contribution in [0, 0.1) is 12.3 Å². The van der Waals surface area contributed by atoms with E-state index in [0.29, 0.717) is 5.75 Å². The maximum absolute atomic E-state index is 7.02. The van der Waals surface area contributed by atoms with E-state index in [1.807, 2.05) is 18.5 Å². The molecule has 0 atom stereocenters. The third-order valence-electron chi connectivity index (χ3n) is 1.41. The number of hydrogen-bond acceptors (Lipinski definition) is 4. The second-order valence-corrected chi connectivity index (χ2v) is 3.35. The molecule has 66 valence electrons. The summed E-state index contributed by atoms with van der Waals surface area (Å²) in [5.41, 5.74) is 5.20. The van der Waals surface area contributed by atoms with Crippen LogP contribution in [0.5, 0.6) is 0 Å². The van der Waals surface area contributed by atoms with Crippen molar-refractivity contribution >= 4 is 17.6 Å². The zero-order valence-electron chi connectivity index (χ0n) is 7.03. The number of nitrogens with one attached hydrogen (secondary N) is 1. The number of amidine groups is 1. The Morgan fingerprint density at radius 2 is 2.33 bits per heavy atom. The fourth-order valence-electron chi connectivity index (χ4n) is 0.656. The summed E-state index contributed by atoms with van der Waals surface area (Å²) in [6, 6.07) is 0. The van der Waals surface area contributed by atoms with E-state index in [4.69, 9.17) is 11.1 Å². The molecule has 0 saturated carbocycles. The molecule has 3 N–H and O–H groups in total. The summed E-state index contributed by atoms with van der Waals surface area (Å²) in [5, 5.41) is 15.6. The fraction of sp³-hybridized carbons (Fsp3) is 0.500. The molecule has 1 aromatic rings.